The maximum Gasteiger partial charge on any atom is 0.323 e. The standard InChI is InChI=1S/C18H18N2O2/c21-18(22)13-20-12-15(16-8-4-5-9-17(16)20)11-19-10-14-6-2-1-3-7-14/h1-9,12,19H,10-11,13H2,(H,21,22). The smallest absolute Gasteiger partial charge is 0.323 e. The lowest BCUT2D eigenvalue weighted by Gasteiger charge is -2.04. The van der Waals surface area contributed by atoms with E-state index in [9.17, 15) is 4.79 Å². The van der Waals surface area contributed by atoms with Gasteiger partial charge in [0.15, 0.2) is 0 Å². The minimum atomic E-state index is -0.829. The van der Waals surface area contributed by atoms with Crippen molar-refractivity contribution >= 4 is 16.9 Å². The highest BCUT2D eigenvalue weighted by Crippen LogP contribution is 2.21. The molecule has 0 bridgehead atoms. The van der Waals surface area contributed by atoms with Gasteiger partial charge in [0.1, 0.15) is 6.54 Å². The van der Waals surface area contributed by atoms with E-state index in [1.165, 1.54) is 5.56 Å². The molecular weight excluding hydrogens is 276 g/mol. The first kappa shape index (κ1) is 14.4. The number of carboxylic acids is 1. The van der Waals surface area contributed by atoms with Crippen LogP contribution in [0, 0.1) is 0 Å². The van der Waals surface area contributed by atoms with Gasteiger partial charge in [-0.3, -0.25) is 4.79 Å². The Morgan fingerprint density at radius 2 is 1.73 bits per heavy atom. The van der Waals surface area contributed by atoms with E-state index >= 15 is 0 Å². The van der Waals surface area contributed by atoms with Crippen molar-refractivity contribution in [1.29, 1.82) is 0 Å². The number of nitrogens with one attached hydrogen (secondary N) is 1. The summed E-state index contributed by atoms with van der Waals surface area (Å²) in [7, 11) is 0. The number of aromatic nitrogens is 1. The van der Waals surface area contributed by atoms with Crippen molar-refractivity contribution < 1.29 is 9.90 Å². The van der Waals surface area contributed by atoms with Crippen LogP contribution in [0.4, 0.5) is 0 Å². The number of rotatable bonds is 6. The highest BCUT2D eigenvalue weighted by Gasteiger charge is 2.09. The molecule has 0 fully saturated rings. The second-order valence-corrected chi connectivity index (χ2v) is 5.28. The summed E-state index contributed by atoms with van der Waals surface area (Å²) in [4.78, 5) is 11.0. The van der Waals surface area contributed by atoms with Crippen molar-refractivity contribution in [2.45, 2.75) is 19.6 Å². The predicted molar refractivity (Wildman–Crippen MR) is 86.6 cm³/mol. The lowest BCUT2D eigenvalue weighted by Crippen LogP contribution is -2.12. The molecule has 0 aliphatic rings. The molecule has 0 aliphatic heterocycles. The fourth-order valence-corrected chi connectivity index (χ4v) is 2.68. The first-order valence-corrected chi connectivity index (χ1v) is 7.27. The van der Waals surface area contributed by atoms with Crippen molar-refractivity contribution in [3.63, 3.8) is 0 Å². The van der Waals surface area contributed by atoms with Gasteiger partial charge in [0.2, 0.25) is 0 Å². The van der Waals surface area contributed by atoms with Crippen LogP contribution >= 0.6 is 0 Å². The van der Waals surface area contributed by atoms with Crippen molar-refractivity contribution in [1.82, 2.24) is 9.88 Å². The van der Waals surface area contributed by atoms with Gasteiger partial charge in [-0.1, -0.05) is 48.5 Å². The summed E-state index contributed by atoms with van der Waals surface area (Å²) >= 11 is 0. The van der Waals surface area contributed by atoms with Gasteiger partial charge < -0.3 is 15.0 Å². The number of fused-ring (bicyclic) bond motifs is 1. The van der Waals surface area contributed by atoms with E-state index in [0.29, 0.717) is 6.54 Å². The number of hydrogen-bond donors (Lipinski definition) is 2. The average Bonchev–Trinajstić information content (AvgIpc) is 2.86. The summed E-state index contributed by atoms with van der Waals surface area (Å²) in [6, 6.07) is 18.1. The predicted octanol–water partition coefficient (Wildman–Crippen LogP) is 3.02. The van der Waals surface area contributed by atoms with Crippen LogP contribution < -0.4 is 5.32 Å². The molecule has 4 nitrogen and oxygen atoms in total. The Labute approximate surface area is 129 Å². The summed E-state index contributed by atoms with van der Waals surface area (Å²) in [6.45, 7) is 1.49. The first-order chi connectivity index (χ1) is 10.7. The van der Waals surface area contributed by atoms with E-state index in [1.54, 1.807) is 4.57 Å². The minimum Gasteiger partial charge on any atom is -0.480 e. The molecule has 0 spiro atoms. The zero-order valence-electron chi connectivity index (χ0n) is 12.2. The maximum absolute atomic E-state index is 11.0. The van der Waals surface area contributed by atoms with E-state index < -0.39 is 5.97 Å². The summed E-state index contributed by atoms with van der Waals surface area (Å²) in [5.74, 6) is -0.829. The van der Waals surface area contributed by atoms with E-state index in [0.717, 1.165) is 23.0 Å². The molecule has 2 aromatic carbocycles. The molecule has 0 saturated carbocycles. The van der Waals surface area contributed by atoms with Crippen LogP contribution in [-0.2, 0) is 24.4 Å². The average molecular weight is 294 g/mol. The van der Waals surface area contributed by atoms with Gasteiger partial charge in [-0.05, 0) is 17.2 Å². The second kappa shape index (κ2) is 6.45. The minimum absolute atomic E-state index is 0.0147. The maximum atomic E-state index is 11.0. The number of hydrogen-bond acceptors (Lipinski definition) is 2. The number of benzene rings is 2. The third-order valence-electron chi connectivity index (χ3n) is 3.66. The molecule has 22 heavy (non-hydrogen) atoms. The van der Waals surface area contributed by atoms with Crippen LogP contribution in [0.5, 0.6) is 0 Å². The molecular formula is C18H18N2O2. The normalized spacial score (nSPS) is 10.9. The van der Waals surface area contributed by atoms with Crippen LogP contribution in [0.1, 0.15) is 11.1 Å². The number of nitrogens with zero attached hydrogens (tertiary/aromatic N) is 1. The highest BCUT2D eigenvalue weighted by atomic mass is 16.4. The molecule has 4 heteroatoms. The molecule has 0 saturated heterocycles. The number of para-hydroxylation sites is 1. The summed E-state index contributed by atoms with van der Waals surface area (Å²) < 4.78 is 1.79. The third kappa shape index (κ3) is 3.18. The molecule has 3 rings (SSSR count). The Bertz CT molecular complexity index is 778. The van der Waals surface area contributed by atoms with Gasteiger partial charge in [0, 0.05) is 30.2 Å². The van der Waals surface area contributed by atoms with Crippen LogP contribution in [0.15, 0.2) is 60.8 Å². The molecule has 0 amide bonds. The van der Waals surface area contributed by atoms with Gasteiger partial charge in [-0.15, -0.1) is 0 Å². The Balaban J connectivity index is 1.77. The summed E-state index contributed by atoms with van der Waals surface area (Å²) in [6.07, 6.45) is 1.93. The van der Waals surface area contributed by atoms with Crippen molar-refractivity contribution in [2.75, 3.05) is 0 Å². The number of carbonyl (C=O) groups is 1. The Morgan fingerprint density at radius 1 is 1.00 bits per heavy atom. The number of carboxylic acid groups (broad SMARTS) is 1. The van der Waals surface area contributed by atoms with E-state index in [1.807, 2.05) is 48.7 Å². The monoisotopic (exact) mass is 294 g/mol. The summed E-state index contributed by atoms with van der Waals surface area (Å²) in [5, 5.41) is 13.5. The molecule has 0 radical (unpaired) electrons. The fraction of sp³-hybridized carbons (Fsp3) is 0.167. The molecule has 2 N–H and O–H groups in total. The van der Waals surface area contributed by atoms with Gasteiger partial charge >= 0.3 is 5.97 Å². The van der Waals surface area contributed by atoms with Crippen molar-refractivity contribution in [2.24, 2.45) is 0 Å². The number of aliphatic carboxylic acids is 1. The zero-order valence-corrected chi connectivity index (χ0v) is 12.2. The highest BCUT2D eigenvalue weighted by molar-refractivity contribution is 5.85. The molecule has 1 heterocycles. The summed E-state index contributed by atoms with van der Waals surface area (Å²) in [5.41, 5.74) is 3.31. The molecule has 0 atom stereocenters. The largest absolute Gasteiger partial charge is 0.480 e. The topological polar surface area (TPSA) is 54.3 Å². The Morgan fingerprint density at radius 3 is 2.50 bits per heavy atom. The SMILES string of the molecule is O=C(O)Cn1cc(CNCc2ccccc2)c2ccccc21. The quantitative estimate of drug-likeness (QED) is 0.735. The van der Waals surface area contributed by atoms with Crippen LogP contribution in [0.25, 0.3) is 10.9 Å². The van der Waals surface area contributed by atoms with Crippen LogP contribution in [-0.4, -0.2) is 15.6 Å². The van der Waals surface area contributed by atoms with Crippen molar-refractivity contribution in [3.05, 3.63) is 71.9 Å². The van der Waals surface area contributed by atoms with Gasteiger partial charge in [-0.25, -0.2) is 0 Å². The van der Waals surface area contributed by atoms with Gasteiger partial charge in [0.25, 0.3) is 0 Å². The molecule has 1 aromatic heterocycles. The van der Waals surface area contributed by atoms with Crippen molar-refractivity contribution in [3.8, 4) is 0 Å². The van der Waals surface area contributed by atoms with Crippen LogP contribution in [0.2, 0.25) is 0 Å². The lowest BCUT2D eigenvalue weighted by atomic mass is 10.1. The molecule has 0 aliphatic carbocycles. The Kier molecular flexibility index (Phi) is 4.21. The van der Waals surface area contributed by atoms with Gasteiger partial charge in [-0.2, -0.15) is 0 Å². The van der Waals surface area contributed by atoms with Crippen LogP contribution in [0.3, 0.4) is 0 Å². The molecule has 0 unspecified atom stereocenters. The molecule has 112 valence electrons. The van der Waals surface area contributed by atoms with Gasteiger partial charge in [0.05, 0.1) is 0 Å². The Hall–Kier alpha value is -2.59. The first-order valence-electron chi connectivity index (χ1n) is 7.27. The van der Waals surface area contributed by atoms with E-state index in [2.05, 4.69) is 17.4 Å². The lowest BCUT2D eigenvalue weighted by molar-refractivity contribution is -0.137. The third-order valence-corrected chi connectivity index (χ3v) is 3.66. The second-order valence-electron chi connectivity index (χ2n) is 5.28. The van der Waals surface area contributed by atoms with E-state index in [-0.39, 0.29) is 6.54 Å². The van der Waals surface area contributed by atoms with E-state index in [4.69, 9.17) is 5.11 Å². The molecule has 3 aromatic rings. The fourth-order valence-electron chi connectivity index (χ4n) is 2.68. The zero-order chi connectivity index (χ0) is 15.4.